The fraction of sp³-hybridized carbons (Fsp3) is 0. The smallest absolute Gasteiger partial charge is 0.143 e. The predicted octanol–water partition coefficient (Wildman–Crippen LogP) is 17.8. The molecule has 0 saturated heterocycles. The van der Waals surface area contributed by atoms with E-state index in [-0.39, 0.29) is 0 Å². The maximum Gasteiger partial charge on any atom is 0.143 e. The van der Waals surface area contributed by atoms with Crippen LogP contribution >= 0.6 is 0 Å². The molecule has 0 N–H and O–H groups in total. The zero-order valence-corrected chi connectivity index (χ0v) is 34.9. The first-order valence-corrected chi connectivity index (χ1v) is 22.0. The van der Waals surface area contributed by atoms with E-state index in [1.54, 1.807) is 0 Å². The third-order valence-corrected chi connectivity index (χ3v) is 13.2. The molecule has 2 nitrogen and oxygen atoms in total. The van der Waals surface area contributed by atoms with Crippen LogP contribution in [-0.2, 0) is 0 Å². The Hall–Kier alpha value is -8.46. The van der Waals surface area contributed by atoms with Crippen molar-refractivity contribution in [3.63, 3.8) is 0 Å². The number of hydrogen-bond donors (Lipinski definition) is 0. The molecule has 0 fully saturated rings. The maximum atomic E-state index is 6.86. The summed E-state index contributed by atoms with van der Waals surface area (Å²) >= 11 is 0. The summed E-state index contributed by atoms with van der Waals surface area (Å²) in [6.07, 6.45) is 0. The summed E-state index contributed by atoms with van der Waals surface area (Å²) in [7, 11) is 0. The summed E-state index contributed by atoms with van der Waals surface area (Å²) < 4.78 is 6.86. The van der Waals surface area contributed by atoms with Crippen LogP contribution in [0, 0.1) is 0 Å². The van der Waals surface area contributed by atoms with E-state index in [1.807, 2.05) is 0 Å². The van der Waals surface area contributed by atoms with E-state index in [9.17, 15) is 0 Å². The number of anilines is 3. The Morgan fingerprint density at radius 3 is 1.73 bits per heavy atom. The van der Waals surface area contributed by atoms with E-state index in [0.29, 0.717) is 0 Å². The molecule has 0 radical (unpaired) electrons. The molecule has 0 atom stereocenters. The van der Waals surface area contributed by atoms with Gasteiger partial charge in [-0.05, 0) is 136 Å². The standard InChI is InChI=1S/C62H39NO/c1-2-16-41(17-3-1)51-34-32-47(38-56(51)46-30-29-40-15-4-5-19-43(40)35-46)63(59-27-14-28-60-61(59)55-33-31-42-18-6-11-24-52(42)62(55)64-60)48-36-44-20-7-10-23-50(44)58(39-48)57-37-45-21-8-9-22-49(45)53-25-12-13-26-54(53)57/h1-39H. The Morgan fingerprint density at radius 1 is 0.281 bits per heavy atom. The minimum absolute atomic E-state index is 0.853. The zero-order chi connectivity index (χ0) is 42.1. The fourth-order valence-electron chi connectivity index (χ4n) is 10.2. The van der Waals surface area contributed by atoms with Gasteiger partial charge in [-0.2, -0.15) is 0 Å². The minimum atomic E-state index is 0.853. The number of benzene rings is 12. The van der Waals surface area contributed by atoms with Crippen molar-refractivity contribution in [2.45, 2.75) is 0 Å². The zero-order valence-electron chi connectivity index (χ0n) is 34.9. The molecule has 298 valence electrons. The van der Waals surface area contributed by atoms with Gasteiger partial charge in [-0.3, -0.25) is 0 Å². The van der Waals surface area contributed by atoms with Crippen LogP contribution in [0.2, 0.25) is 0 Å². The Bertz CT molecular complexity index is 3970. The van der Waals surface area contributed by atoms with E-state index in [2.05, 4.69) is 241 Å². The van der Waals surface area contributed by atoms with Crippen LogP contribution in [0.5, 0.6) is 0 Å². The van der Waals surface area contributed by atoms with E-state index in [1.165, 1.54) is 70.9 Å². The molecular formula is C62H39NO. The van der Waals surface area contributed by atoms with Crippen LogP contribution in [-0.4, -0.2) is 0 Å². The van der Waals surface area contributed by atoms with Crippen LogP contribution in [0.15, 0.2) is 241 Å². The lowest BCUT2D eigenvalue weighted by molar-refractivity contribution is 0.672. The van der Waals surface area contributed by atoms with Gasteiger partial charge < -0.3 is 9.32 Å². The van der Waals surface area contributed by atoms with Gasteiger partial charge in [-0.15, -0.1) is 0 Å². The summed E-state index contributed by atoms with van der Waals surface area (Å²) in [5.41, 5.74) is 12.0. The summed E-state index contributed by atoms with van der Waals surface area (Å²) in [6, 6.07) is 86.3. The van der Waals surface area contributed by atoms with Crippen LogP contribution in [0.4, 0.5) is 17.1 Å². The van der Waals surface area contributed by atoms with Crippen molar-refractivity contribution < 1.29 is 4.42 Å². The van der Waals surface area contributed by atoms with Crippen LogP contribution in [0.25, 0.3) is 109 Å². The number of rotatable bonds is 6. The predicted molar refractivity (Wildman–Crippen MR) is 272 cm³/mol. The molecule has 64 heavy (non-hydrogen) atoms. The topological polar surface area (TPSA) is 16.4 Å². The number of nitrogens with zero attached hydrogens (tertiary/aromatic N) is 1. The normalized spacial score (nSPS) is 11.8. The quantitative estimate of drug-likeness (QED) is 0.156. The molecule has 1 heterocycles. The fourth-order valence-corrected chi connectivity index (χ4v) is 10.2. The molecule has 13 rings (SSSR count). The van der Waals surface area contributed by atoms with Gasteiger partial charge in [0.2, 0.25) is 0 Å². The van der Waals surface area contributed by atoms with Crippen molar-refractivity contribution in [3.05, 3.63) is 237 Å². The third kappa shape index (κ3) is 5.81. The maximum absolute atomic E-state index is 6.86. The van der Waals surface area contributed by atoms with Gasteiger partial charge in [-0.25, -0.2) is 0 Å². The summed E-state index contributed by atoms with van der Waals surface area (Å²) in [5, 5.41) is 14.2. The van der Waals surface area contributed by atoms with Gasteiger partial charge in [0.05, 0.1) is 11.1 Å². The summed E-state index contributed by atoms with van der Waals surface area (Å²) in [4.78, 5) is 2.46. The SMILES string of the molecule is c1ccc(-c2ccc(N(c3cc(-c4cc5ccccc5c5ccccc45)c4ccccc4c3)c3cccc4oc5c6ccccc6ccc5c34)cc2-c2ccc3ccccc3c2)cc1. The number of furan rings is 1. The first-order chi connectivity index (χ1) is 31.7. The lowest BCUT2D eigenvalue weighted by atomic mass is 9.90. The van der Waals surface area contributed by atoms with Gasteiger partial charge in [0.25, 0.3) is 0 Å². The van der Waals surface area contributed by atoms with E-state index in [4.69, 9.17) is 4.42 Å². The van der Waals surface area contributed by atoms with E-state index < -0.39 is 0 Å². The Kier molecular flexibility index (Phi) is 8.25. The molecule has 0 spiro atoms. The highest BCUT2D eigenvalue weighted by Gasteiger charge is 2.24. The first-order valence-electron chi connectivity index (χ1n) is 22.0. The molecule has 0 amide bonds. The summed E-state index contributed by atoms with van der Waals surface area (Å²) in [5.74, 6) is 0. The molecule has 0 aliphatic rings. The van der Waals surface area contributed by atoms with Gasteiger partial charge in [0.1, 0.15) is 11.2 Å². The van der Waals surface area contributed by atoms with Crippen LogP contribution < -0.4 is 4.90 Å². The van der Waals surface area contributed by atoms with Crippen molar-refractivity contribution in [1.82, 2.24) is 0 Å². The van der Waals surface area contributed by atoms with Crippen LogP contribution in [0.3, 0.4) is 0 Å². The van der Waals surface area contributed by atoms with Crippen molar-refractivity contribution in [2.24, 2.45) is 0 Å². The third-order valence-electron chi connectivity index (χ3n) is 13.2. The molecule has 12 aromatic carbocycles. The van der Waals surface area contributed by atoms with Crippen LogP contribution in [0.1, 0.15) is 0 Å². The number of hydrogen-bond acceptors (Lipinski definition) is 2. The largest absolute Gasteiger partial charge is 0.455 e. The molecule has 0 bridgehead atoms. The highest BCUT2D eigenvalue weighted by atomic mass is 16.3. The van der Waals surface area contributed by atoms with Gasteiger partial charge in [-0.1, -0.05) is 182 Å². The molecule has 13 aromatic rings. The van der Waals surface area contributed by atoms with Gasteiger partial charge in [0.15, 0.2) is 0 Å². The Morgan fingerprint density at radius 2 is 0.906 bits per heavy atom. The van der Waals surface area contributed by atoms with Crippen molar-refractivity contribution in [3.8, 4) is 33.4 Å². The average molecular weight is 814 g/mol. The van der Waals surface area contributed by atoms with Crippen molar-refractivity contribution in [2.75, 3.05) is 4.90 Å². The van der Waals surface area contributed by atoms with Crippen molar-refractivity contribution >= 4 is 92.9 Å². The lowest BCUT2D eigenvalue weighted by Gasteiger charge is -2.29. The molecule has 0 aliphatic heterocycles. The molecule has 0 unspecified atom stereocenters. The minimum Gasteiger partial charge on any atom is -0.455 e. The van der Waals surface area contributed by atoms with E-state index >= 15 is 0 Å². The second-order valence-electron chi connectivity index (χ2n) is 16.8. The van der Waals surface area contributed by atoms with Gasteiger partial charge in [0, 0.05) is 22.1 Å². The molecule has 1 aromatic heterocycles. The van der Waals surface area contributed by atoms with E-state index in [0.717, 1.165) is 55.3 Å². The second-order valence-corrected chi connectivity index (χ2v) is 16.8. The Labute approximate surface area is 370 Å². The average Bonchev–Trinajstić information content (AvgIpc) is 3.76. The molecule has 0 aliphatic carbocycles. The van der Waals surface area contributed by atoms with Crippen molar-refractivity contribution in [1.29, 1.82) is 0 Å². The lowest BCUT2D eigenvalue weighted by Crippen LogP contribution is -2.11. The Balaban J connectivity index is 1.13. The summed E-state index contributed by atoms with van der Waals surface area (Å²) in [6.45, 7) is 0. The monoisotopic (exact) mass is 813 g/mol. The number of fused-ring (bicyclic) bond motifs is 10. The van der Waals surface area contributed by atoms with Gasteiger partial charge >= 0.3 is 0 Å². The highest BCUT2D eigenvalue weighted by Crippen LogP contribution is 2.49. The molecule has 0 saturated carbocycles. The second kappa shape index (κ2) is 14.6. The highest BCUT2D eigenvalue weighted by molar-refractivity contribution is 6.21. The first kappa shape index (κ1) is 36.2. The molecule has 2 heteroatoms. The molecular weight excluding hydrogens is 775 g/mol.